The molecule has 2 rings (SSSR count). The van der Waals surface area contributed by atoms with Crippen molar-refractivity contribution in [2.75, 3.05) is 16.9 Å². The van der Waals surface area contributed by atoms with Gasteiger partial charge in [0, 0.05) is 20.7 Å². The molecule has 1 atom stereocenters. The highest BCUT2D eigenvalue weighted by Crippen LogP contribution is 2.20. The summed E-state index contributed by atoms with van der Waals surface area (Å²) in [6, 6.07) is 15.2. The lowest BCUT2D eigenvalue weighted by Gasteiger charge is -2.16. The van der Waals surface area contributed by atoms with Crippen LogP contribution in [0.2, 0.25) is 0 Å². The van der Waals surface area contributed by atoms with Gasteiger partial charge < -0.3 is 10.6 Å². The monoisotopic (exact) mass is 364 g/mol. The molecule has 110 valence electrons. The second-order valence-corrected chi connectivity index (χ2v) is 6.39. The van der Waals surface area contributed by atoms with Crippen LogP contribution in [0.25, 0.3) is 0 Å². The van der Waals surface area contributed by atoms with E-state index in [-0.39, 0.29) is 11.9 Å². The highest BCUT2D eigenvalue weighted by atomic mass is 79.9. The van der Waals surface area contributed by atoms with Gasteiger partial charge in [0.05, 0.1) is 0 Å². The minimum absolute atomic E-state index is 0.0631. The van der Waals surface area contributed by atoms with E-state index in [1.807, 2.05) is 61.7 Å². The van der Waals surface area contributed by atoms with Crippen LogP contribution in [0.1, 0.15) is 6.92 Å². The van der Waals surface area contributed by atoms with Crippen LogP contribution in [0.4, 0.5) is 11.4 Å². The lowest BCUT2D eigenvalue weighted by molar-refractivity contribution is -0.116. The zero-order valence-corrected chi connectivity index (χ0v) is 14.3. The van der Waals surface area contributed by atoms with E-state index in [0.717, 1.165) is 15.8 Å². The Labute approximate surface area is 137 Å². The van der Waals surface area contributed by atoms with Gasteiger partial charge >= 0.3 is 0 Å². The number of carbonyl (C=O) groups is 1. The molecule has 0 heterocycles. The molecule has 21 heavy (non-hydrogen) atoms. The molecular formula is C16H17BrN2OS. The fourth-order valence-corrected chi connectivity index (χ4v) is 2.54. The average molecular weight is 365 g/mol. The Morgan fingerprint density at radius 3 is 2.52 bits per heavy atom. The second-order valence-electron chi connectivity index (χ2n) is 4.59. The molecule has 0 aliphatic heterocycles. The van der Waals surface area contributed by atoms with Gasteiger partial charge in [-0.1, -0.05) is 22.0 Å². The Hall–Kier alpha value is -1.46. The van der Waals surface area contributed by atoms with Gasteiger partial charge in [-0.15, -0.1) is 11.8 Å². The van der Waals surface area contributed by atoms with Crippen molar-refractivity contribution in [2.24, 2.45) is 0 Å². The smallest absolute Gasteiger partial charge is 0.246 e. The number of benzene rings is 2. The lowest BCUT2D eigenvalue weighted by Crippen LogP contribution is -2.31. The molecule has 2 aromatic rings. The number of halogens is 1. The van der Waals surface area contributed by atoms with Crippen molar-refractivity contribution in [3.8, 4) is 0 Å². The zero-order valence-electron chi connectivity index (χ0n) is 11.9. The Kier molecular flexibility index (Phi) is 5.70. The maximum absolute atomic E-state index is 12.2. The summed E-state index contributed by atoms with van der Waals surface area (Å²) >= 11 is 5.05. The minimum Gasteiger partial charge on any atom is -0.374 e. The zero-order chi connectivity index (χ0) is 15.2. The molecule has 0 aliphatic rings. The van der Waals surface area contributed by atoms with Crippen molar-refractivity contribution in [3.63, 3.8) is 0 Å². The molecular weight excluding hydrogens is 348 g/mol. The third kappa shape index (κ3) is 4.79. The maximum atomic E-state index is 12.2. The summed E-state index contributed by atoms with van der Waals surface area (Å²) < 4.78 is 0.987. The first kappa shape index (κ1) is 15.9. The number of anilines is 2. The van der Waals surface area contributed by atoms with E-state index in [1.165, 1.54) is 4.90 Å². The molecule has 5 heteroatoms. The Balaban J connectivity index is 1.97. The van der Waals surface area contributed by atoms with Crippen LogP contribution in [0.3, 0.4) is 0 Å². The van der Waals surface area contributed by atoms with Crippen molar-refractivity contribution in [3.05, 3.63) is 53.0 Å². The van der Waals surface area contributed by atoms with Crippen LogP contribution in [-0.2, 0) is 4.79 Å². The molecule has 0 fully saturated rings. The maximum Gasteiger partial charge on any atom is 0.246 e. The molecule has 0 unspecified atom stereocenters. The summed E-state index contributed by atoms with van der Waals surface area (Å²) in [5.41, 5.74) is 1.73. The number of hydrogen-bond acceptors (Lipinski definition) is 3. The predicted molar refractivity (Wildman–Crippen MR) is 94.1 cm³/mol. The van der Waals surface area contributed by atoms with Crippen molar-refractivity contribution in [1.82, 2.24) is 0 Å². The fourth-order valence-electron chi connectivity index (χ4n) is 1.81. The molecule has 0 bridgehead atoms. The summed E-state index contributed by atoms with van der Waals surface area (Å²) in [4.78, 5) is 13.3. The molecule has 0 spiro atoms. The van der Waals surface area contributed by atoms with Crippen molar-refractivity contribution in [1.29, 1.82) is 0 Å². The molecule has 0 radical (unpaired) electrons. The number of amides is 1. The third-order valence-electron chi connectivity index (χ3n) is 2.96. The van der Waals surface area contributed by atoms with Gasteiger partial charge in [0.15, 0.2) is 0 Å². The van der Waals surface area contributed by atoms with Crippen LogP contribution < -0.4 is 10.6 Å². The van der Waals surface area contributed by atoms with Gasteiger partial charge in [-0.05, 0) is 55.6 Å². The van der Waals surface area contributed by atoms with Crippen molar-refractivity contribution < 1.29 is 4.79 Å². The van der Waals surface area contributed by atoms with Crippen LogP contribution in [0, 0.1) is 0 Å². The van der Waals surface area contributed by atoms with E-state index in [9.17, 15) is 4.79 Å². The van der Waals surface area contributed by atoms with E-state index in [0.29, 0.717) is 0 Å². The summed E-state index contributed by atoms with van der Waals surface area (Å²) in [6.07, 6.45) is 2.03. The van der Waals surface area contributed by atoms with E-state index >= 15 is 0 Å². The van der Waals surface area contributed by atoms with Crippen LogP contribution in [0.5, 0.6) is 0 Å². The molecule has 0 aliphatic carbocycles. The van der Waals surface area contributed by atoms with Gasteiger partial charge in [-0.3, -0.25) is 4.79 Å². The van der Waals surface area contributed by atoms with Gasteiger partial charge in [0.25, 0.3) is 0 Å². The van der Waals surface area contributed by atoms with Crippen LogP contribution in [-0.4, -0.2) is 18.2 Å². The molecule has 1 amide bonds. The second kappa shape index (κ2) is 7.52. The number of nitrogens with one attached hydrogen (secondary N) is 2. The van der Waals surface area contributed by atoms with Gasteiger partial charge in [0.2, 0.25) is 5.91 Å². The van der Waals surface area contributed by atoms with Gasteiger partial charge in [0.1, 0.15) is 6.04 Å². The van der Waals surface area contributed by atoms with E-state index < -0.39 is 0 Å². The standard InChI is InChI=1S/C16H17BrN2OS/c1-11(18-14-4-3-5-15(10-14)21-2)16(20)19-13-8-6-12(17)7-9-13/h3-11,18H,1-2H3,(H,19,20)/t11-/m0/s1. The molecule has 3 nitrogen and oxygen atoms in total. The number of thioether (sulfide) groups is 1. The van der Waals surface area contributed by atoms with E-state index in [1.54, 1.807) is 11.8 Å². The molecule has 0 aromatic heterocycles. The minimum atomic E-state index is -0.314. The number of hydrogen-bond donors (Lipinski definition) is 2. The van der Waals surface area contributed by atoms with E-state index in [4.69, 9.17) is 0 Å². The molecule has 0 saturated heterocycles. The van der Waals surface area contributed by atoms with Crippen molar-refractivity contribution >= 4 is 45.0 Å². The first-order valence-electron chi connectivity index (χ1n) is 6.55. The largest absolute Gasteiger partial charge is 0.374 e. The SMILES string of the molecule is CSc1cccc(N[C@@H](C)C(=O)Nc2ccc(Br)cc2)c1. The molecule has 2 N–H and O–H groups in total. The molecule has 0 saturated carbocycles. The molecule has 2 aromatic carbocycles. The first-order valence-corrected chi connectivity index (χ1v) is 8.57. The summed E-state index contributed by atoms with van der Waals surface area (Å²) in [5.74, 6) is -0.0631. The topological polar surface area (TPSA) is 41.1 Å². The highest BCUT2D eigenvalue weighted by Gasteiger charge is 2.12. The Morgan fingerprint density at radius 2 is 1.86 bits per heavy atom. The lowest BCUT2D eigenvalue weighted by atomic mass is 10.2. The van der Waals surface area contributed by atoms with Gasteiger partial charge in [-0.2, -0.15) is 0 Å². The average Bonchev–Trinajstić information content (AvgIpc) is 2.49. The number of carbonyl (C=O) groups excluding carboxylic acids is 1. The van der Waals surface area contributed by atoms with Crippen LogP contribution in [0.15, 0.2) is 57.9 Å². The third-order valence-corrected chi connectivity index (χ3v) is 4.21. The highest BCUT2D eigenvalue weighted by molar-refractivity contribution is 9.10. The Morgan fingerprint density at radius 1 is 1.14 bits per heavy atom. The van der Waals surface area contributed by atoms with Gasteiger partial charge in [-0.25, -0.2) is 0 Å². The summed E-state index contributed by atoms with van der Waals surface area (Å²) in [5, 5.41) is 6.10. The summed E-state index contributed by atoms with van der Waals surface area (Å²) in [7, 11) is 0. The first-order chi connectivity index (χ1) is 10.1. The summed E-state index contributed by atoms with van der Waals surface area (Å²) in [6.45, 7) is 1.85. The number of rotatable bonds is 5. The van der Waals surface area contributed by atoms with E-state index in [2.05, 4.69) is 26.6 Å². The normalized spacial score (nSPS) is 11.8. The predicted octanol–water partition coefficient (Wildman–Crippen LogP) is 4.61. The Bertz CT molecular complexity index is 616. The van der Waals surface area contributed by atoms with Crippen LogP contribution >= 0.6 is 27.7 Å². The quantitative estimate of drug-likeness (QED) is 0.761. The van der Waals surface area contributed by atoms with Crippen molar-refractivity contribution in [2.45, 2.75) is 17.9 Å². The fraction of sp³-hybridized carbons (Fsp3) is 0.188.